The Labute approximate surface area is 188 Å². The molecule has 3 nitrogen and oxygen atoms in total. The first-order valence-electron chi connectivity index (χ1n) is 10.9. The molecule has 3 aromatic carbocycles. The van der Waals surface area contributed by atoms with E-state index in [0.717, 1.165) is 23.2 Å². The fraction of sp³-hybridized carbons (Fsp3) is 0.103. The fourth-order valence-corrected chi connectivity index (χ4v) is 4.49. The first kappa shape index (κ1) is 20.0. The molecule has 0 aliphatic heterocycles. The predicted molar refractivity (Wildman–Crippen MR) is 129 cm³/mol. The highest BCUT2D eigenvalue weighted by molar-refractivity contribution is 5.99. The second-order valence-electron chi connectivity index (χ2n) is 8.18. The van der Waals surface area contributed by atoms with Crippen LogP contribution in [-0.4, -0.2) is 10.9 Å². The van der Waals surface area contributed by atoms with Crippen LogP contribution in [0.2, 0.25) is 0 Å². The Morgan fingerprint density at radius 1 is 0.812 bits per heavy atom. The molecule has 0 unspecified atom stereocenters. The van der Waals surface area contributed by atoms with Crippen molar-refractivity contribution in [2.24, 2.45) is 5.92 Å². The number of amides is 1. The summed E-state index contributed by atoms with van der Waals surface area (Å²) >= 11 is 0. The molecule has 156 valence electrons. The van der Waals surface area contributed by atoms with E-state index >= 15 is 0 Å². The molecular formula is C29H24N2O. The third-order valence-electron chi connectivity index (χ3n) is 6.22. The number of carbonyl (C=O) groups excluding carboxylic acids is 1. The van der Waals surface area contributed by atoms with Crippen LogP contribution in [0.15, 0.2) is 122 Å². The molecule has 1 N–H and O–H groups in total. The highest BCUT2D eigenvalue weighted by Gasteiger charge is 2.54. The summed E-state index contributed by atoms with van der Waals surface area (Å²) in [6, 6.07) is 32.9. The average molecular weight is 417 g/mol. The second-order valence-corrected chi connectivity index (χ2v) is 8.18. The van der Waals surface area contributed by atoms with Crippen LogP contribution in [0.3, 0.4) is 0 Å². The minimum Gasteiger partial charge on any atom is -0.323 e. The summed E-state index contributed by atoms with van der Waals surface area (Å²) in [5.74, 6) is 0.187. The van der Waals surface area contributed by atoms with E-state index in [9.17, 15) is 4.79 Å². The summed E-state index contributed by atoms with van der Waals surface area (Å²) in [7, 11) is 0. The number of allylic oxidation sites excluding steroid dienone is 1. The highest BCUT2D eigenvalue weighted by Crippen LogP contribution is 2.59. The number of rotatable bonds is 6. The molecule has 1 aromatic heterocycles. The van der Waals surface area contributed by atoms with Gasteiger partial charge >= 0.3 is 0 Å². The minimum absolute atomic E-state index is 0.0509. The third-order valence-corrected chi connectivity index (χ3v) is 6.22. The van der Waals surface area contributed by atoms with Crippen LogP contribution >= 0.6 is 0 Å². The molecule has 3 heteroatoms. The maximum atomic E-state index is 12.6. The van der Waals surface area contributed by atoms with Gasteiger partial charge in [-0.15, -0.1) is 0 Å². The van der Waals surface area contributed by atoms with Crippen LogP contribution in [0.25, 0.3) is 11.1 Å². The van der Waals surface area contributed by atoms with Gasteiger partial charge in [0.2, 0.25) is 5.91 Å². The molecule has 0 saturated heterocycles. The number of pyridine rings is 1. The van der Waals surface area contributed by atoms with Crippen LogP contribution in [0, 0.1) is 5.92 Å². The van der Waals surface area contributed by atoms with Crippen molar-refractivity contribution in [2.75, 3.05) is 5.32 Å². The molecule has 1 fully saturated rings. The monoisotopic (exact) mass is 416 g/mol. The maximum Gasteiger partial charge on any atom is 0.248 e. The lowest BCUT2D eigenvalue weighted by molar-refractivity contribution is -0.111. The molecule has 1 atom stereocenters. The number of benzene rings is 3. The summed E-state index contributed by atoms with van der Waals surface area (Å²) < 4.78 is 0. The number of hydrogen-bond donors (Lipinski definition) is 1. The van der Waals surface area contributed by atoms with Gasteiger partial charge in [0.05, 0.1) is 0 Å². The predicted octanol–water partition coefficient (Wildman–Crippen LogP) is 6.25. The van der Waals surface area contributed by atoms with Gasteiger partial charge in [-0.25, -0.2) is 0 Å². The van der Waals surface area contributed by atoms with E-state index in [2.05, 4.69) is 64.9 Å². The van der Waals surface area contributed by atoms with Crippen LogP contribution in [0.1, 0.15) is 17.5 Å². The summed E-state index contributed by atoms with van der Waals surface area (Å²) in [5, 5.41) is 2.97. The van der Waals surface area contributed by atoms with Crippen molar-refractivity contribution in [1.82, 2.24) is 4.98 Å². The fourth-order valence-electron chi connectivity index (χ4n) is 4.49. The summed E-state index contributed by atoms with van der Waals surface area (Å²) in [4.78, 5) is 16.7. The van der Waals surface area contributed by atoms with Crippen molar-refractivity contribution in [2.45, 2.75) is 11.8 Å². The number of carbonyl (C=O) groups is 1. The van der Waals surface area contributed by atoms with Gasteiger partial charge in [-0.3, -0.25) is 9.78 Å². The zero-order chi connectivity index (χ0) is 21.8. The molecule has 0 spiro atoms. The molecular weight excluding hydrogens is 392 g/mol. The van der Waals surface area contributed by atoms with Crippen LogP contribution in [0.4, 0.5) is 5.69 Å². The Morgan fingerprint density at radius 3 is 2.06 bits per heavy atom. The van der Waals surface area contributed by atoms with Gasteiger partial charge < -0.3 is 5.32 Å². The van der Waals surface area contributed by atoms with Crippen molar-refractivity contribution in [3.05, 3.63) is 133 Å². The van der Waals surface area contributed by atoms with E-state index in [1.165, 1.54) is 11.1 Å². The van der Waals surface area contributed by atoms with Gasteiger partial charge in [-0.2, -0.15) is 0 Å². The first-order chi connectivity index (χ1) is 15.8. The van der Waals surface area contributed by atoms with Gasteiger partial charge in [-0.1, -0.05) is 84.9 Å². The van der Waals surface area contributed by atoms with Gasteiger partial charge in [0, 0.05) is 23.5 Å². The second kappa shape index (κ2) is 8.64. The lowest BCUT2D eigenvalue weighted by Crippen LogP contribution is -2.12. The number of nitrogens with zero attached hydrogens (tertiary/aromatic N) is 1. The number of anilines is 1. The SMILES string of the molecule is O=C(/C=C/[C@@H]1CC1(c1ccccc1)c1ccccc1)Nc1ccc(-c2cccnc2)cc1. The molecule has 1 saturated carbocycles. The zero-order valence-electron chi connectivity index (χ0n) is 17.7. The number of aromatic nitrogens is 1. The van der Waals surface area contributed by atoms with E-state index in [4.69, 9.17) is 0 Å². The summed E-state index contributed by atoms with van der Waals surface area (Å²) in [6.07, 6.45) is 8.32. The average Bonchev–Trinajstić information content (AvgIpc) is 3.61. The van der Waals surface area contributed by atoms with Gasteiger partial charge in [0.1, 0.15) is 0 Å². The molecule has 1 aliphatic rings. The number of nitrogens with one attached hydrogen (secondary N) is 1. The third kappa shape index (κ3) is 3.97. The Hall–Kier alpha value is -3.98. The van der Waals surface area contributed by atoms with E-state index in [1.54, 1.807) is 12.3 Å². The maximum absolute atomic E-state index is 12.6. The van der Waals surface area contributed by atoms with Crippen molar-refractivity contribution in [3.8, 4) is 11.1 Å². The standard InChI is InChI=1S/C29H24N2O/c32-28(31-27-16-13-22(14-17-27)23-8-7-19-30-21-23)18-15-26-20-29(26,24-9-3-1-4-10-24)25-11-5-2-6-12-25/h1-19,21,26H,20H2,(H,31,32)/b18-15+/t26-/m1/s1. The zero-order valence-corrected chi connectivity index (χ0v) is 17.7. The number of hydrogen-bond acceptors (Lipinski definition) is 2. The van der Waals surface area contributed by atoms with Crippen LogP contribution in [-0.2, 0) is 10.2 Å². The van der Waals surface area contributed by atoms with Crippen LogP contribution in [0.5, 0.6) is 0 Å². The smallest absolute Gasteiger partial charge is 0.248 e. The van der Waals surface area contributed by atoms with Crippen molar-refractivity contribution >= 4 is 11.6 Å². The Morgan fingerprint density at radius 2 is 1.47 bits per heavy atom. The van der Waals surface area contributed by atoms with Crippen molar-refractivity contribution in [3.63, 3.8) is 0 Å². The van der Waals surface area contributed by atoms with Gasteiger partial charge in [0.25, 0.3) is 0 Å². The van der Waals surface area contributed by atoms with Crippen molar-refractivity contribution in [1.29, 1.82) is 0 Å². The molecule has 4 aromatic rings. The van der Waals surface area contributed by atoms with Crippen molar-refractivity contribution < 1.29 is 4.79 Å². The summed E-state index contributed by atoms with van der Waals surface area (Å²) in [6.45, 7) is 0. The lowest BCUT2D eigenvalue weighted by Gasteiger charge is -2.18. The Kier molecular flexibility index (Phi) is 5.39. The highest BCUT2D eigenvalue weighted by atomic mass is 16.1. The lowest BCUT2D eigenvalue weighted by atomic mass is 9.85. The largest absolute Gasteiger partial charge is 0.323 e. The molecule has 32 heavy (non-hydrogen) atoms. The molecule has 1 amide bonds. The Bertz CT molecular complexity index is 1180. The van der Waals surface area contributed by atoms with Crippen LogP contribution < -0.4 is 5.32 Å². The van der Waals surface area contributed by atoms with E-state index in [1.807, 2.05) is 54.7 Å². The normalized spacial score (nSPS) is 16.6. The molecule has 1 aliphatic carbocycles. The van der Waals surface area contributed by atoms with Gasteiger partial charge in [-0.05, 0) is 58.9 Å². The quantitative estimate of drug-likeness (QED) is 0.378. The summed E-state index contributed by atoms with van der Waals surface area (Å²) in [5.41, 5.74) is 5.45. The molecule has 0 radical (unpaired) electrons. The minimum atomic E-state index is -0.110. The van der Waals surface area contributed by atoms with Gasteiger partial charge in [0.15, 0.2) is 0 Å². The van der Waals surface area contributed by atoms with E-state index in [-0.39, 0.29) is 11.3 Å². The molecule has 1 heterocycles. The molecule has 0 bridgehead atoms. The van der Waals surface area contributed by atoms with E-state index in [0.29, 0.717) is 5.92 Å². The Balaban J connectivity index is 1.29. The topological polar surface area (TPSA) is 42.0 Å². The first-order valence-corrected chi connectivity index (χ1v) is 10.9. The van der Waals surface area contributed by atoms with E-state index < -0.39 is 0 Å². The molecule has 5 rings (SSSR count).